The topological polar surface area (TPSA) is 53.0 Å². The van der Waals surface area contributed by atoms with Crippen molar-refractivity contribution in [2.24, 2.45) is 5.73 Å². The molecule has 0 aliphatic carbocycles. The third kappa shape index (κ3) is 3.07. The molecule has 3 nitrogen and oxygen atoms in total. The Morgan fingerprint density at radius 3 is 2.31 bits per heavy atom. The highest BCUT2D eigenvalue weighted by Crippen LogP contribution is 2.14. The number of nitriles is 1. The van der Waals surface area contributed by atoms with Crippen LogP contribution in [-0.2, 0) is 0 Å². The number of anilines is 1. The molecule has 4 heteroatoms. The van der Waals surface area contributed by atoms with Crippen LogP contribution in [0.15, 0.2) is 29.8 Å². The normalized spacial score (nSPS) is 10.7. The molecule has 1 aromatic carbocycles. The first-order chi connectivity index (χ1) is 7.54. The number of nitrogens with zero attached hydrogens (tertiary/aromatic N) is 2. The number of hydrogen-bond donors (Lipinski definition) is 1. The number of rotatable bonds is 3. The number of nitrogens with two attached hydrogens (primary N) is 1. The van der Waals surface area contributed by atoms with Crippen molar-refractivity contribution in [3.8, 4) is 6.07 Å². The molecule has 1 aromatic rings. The summed E-state index contributed by atoms with van der Waals surface area (Å²) in [6.07, 6.45) is 1.68. The van der Waals surface area contributed by atoms with Gasteiger partial charge in [-0.3, -0.25) is 0 Å². The Hall–Kier alpha value is -1.86. The third-order valence-corrected chi connectivity index (χ3v) is 2.33. The van der Waals surface area contributed by atoms with Gasteiger partial charge in [-0.25, -0.2) is 0 Å². The van der Waals surface area contributed by atoms with Crippen molar-refractivity contribution in [2.75, 3.05) is 19.0 Å². The van der Waals surface area contributed by atoms with Crippen molar-refractivity contribution >= 4 is 29.0 Å². The fourth-order valence-electron chi connectivity index (χ4n) is 1.19. The lowest BCUT2D eigenvalue weighted by molar-refractivity contribution is 1.13. The molecule has 0 aliphatic rings. The maximum atomic E-state index is 8.81. The SMILES string of the molecule is CN(C)c1ccc(C=C(C#N)C(N)=S)cc1. The van der Waals surface area contributed by atoms with Gasteiger partial charge in [0.2, 0.25) is 0 Å². The molecule has 0 aromatic heterocycles. The van der Waals surface area contributed by atoms with Gasteiger partial charge >= 0.3 is 0 Å². The molecule has 0 unspecified atom stereocenters. The van der Waals surface area contributed by atoms with Gasteiger partial charge < -0.3 is 10.6 Å². The second kappa shape index (κ2) is 5.29. The summed E-state index contributed by atoms with van der Waals surface area (Å²) in [5.41, 5.74) is 7.75. The molecule has 16 heavy (non-hydrogen) atoms. The van der Waals surface area contributed by atoms with Crippen LogP contribution in [0.2, 0.25) is 0 Å². The van der Waals surface area contributed by atoms with Gasteiger partial charge in [0.1, 0.15) is 11.1 Å². The zero-order valence-electron chi connectivity index (χ0n) is 9.27. The zero-order chi connectivity index (χ0) is 12.1. The molecule has 0 bridgehead atoms. The molecule has 1 rings (SSSR count). The van der Waals surface area contributed by atoms with Crippen molar-refractivity contribution in [1.29, 1.82) is 5.26 Å². The minimum Gasteiger partial charge on any atom is -0.389 e. The molecule has 0 radical (unpaired) electrons. The summed E-state index contributed by atoms with van der Waals surface area (Å²) in [6.45, 7) is 0. The van der Waals surface area contributed by atoms with Crippen LogP contribution in [0.5, 0.6) is 0 Å². The van der Waals surface area contributed by atoms with E-state index in [9.17, 15) is 0 Å². The van der Waals surface area contributed by atoms with E-state index < -0.39 is 0 Å². The minimum absolute atomic E-state index is 0.124. The lowest BCUT2D eigenvalue weighted by atomic mass is 10.1. The molecule has 0 saturated carbocycles. The molecule has 0 aliphatic heterocycles. The first-order valence-corrected chi connectivity index (χ1v) is 5.14. The third-order valence-electron chi connectivity index (χ3n) is 2.11. The predicted octanol–water partition coefficient (Wildman–Crippen LogP) is 1.95. The molecule has 82 valence electrons. The summed E-state index contributed by atoms with van der Waals surface area (Å²) in [6, 6.07) is 9.76. The average Bonchev–Trinajstić information content (AvgIpc) is 2.26. The van der Waals surface area contributed by atoms with Crippen molar-refractivity contribution in [3.63, 3.8) is 0 Å². The maximum absolute atomic E-state index is 8.81. The van der Waals surface area contributed by atoms with Crippen LogP contribution >= 0.6 is 12.2 Å². The second-order valence-corrected chi connectivity index (χ2v) is 3.96. The van der Waals surface area contributed by atoms with Crippen LogP contribution < -0.4 is 10.6 Å². The molecule has 2 N–H and O–H groups in total. The Balaban J connectivity index is 3.00. The van der Waals surface area contributed by atoms with E-state index in [1.54, 1.807) is 6.08 Å². The summed E-state index contributed by atoms with van der Waals surface area (Å²) in [5, 5.41) is 8.81. The van der Waals surface area contributed by atoms with Gasteiger partial charge in [-0.05, 0) is 23.8 Å². The van der Waals surface area contributed by atoms with Crippen LogP contribution in [0.1, 0.15) is 5.56 Å². The summed E-state index contributed by atoms with van der Waals surface area (Å²) in [5.74, 6) is 0. The summed E-state index contributed by atoms with van der Waals surface area (Å²) >= 11 is 4.76. The maximum Gasteiger partial charge on any atom is 0.114 e. The van der Waals surface area contributed by atoms with Crippen molar-refractivity contribution in [3.05, 3.63) is 35.4 Å². The molecule has 0 atom stereocenters. The first-order valence-electron chi connectivity index (χ1n) is 4.73. The molecule has 0 heterocycles. The number of hydrogen-bond acceptors (Lipinski definition) is 3. The largest absolute Gasteiger partial charge is 0.389 e. The quantitative estimate of drug-likeness (QED) is 0.491. The van der Waals surface area contributed by atoms with Gasteiger partial charge in [0.25, 0.3) is 0 Å². The van der Waals surface area contributed by atoms with E-state index in [0.29, 0.717) is 5.57 Å². The highest BCUT2D eigenvalue weighted by molar-refractivity contribution is 7.80. The highest BCUT2D eigenvalue weighted by Gasteiger charge is 2.00. The molecule has 0 fully saturated rings. The molecule has 0 spiro atoms. The van der Waals surface area contributed by atoms with Crippen molar-refractivity contribution in [2.45, 2.75) is 0 Å². The van der Waals surface area contributed by atoms with Gasteiger partial charge in [-0.2, -0.15) is 5.26 Å². The fraction of sp³-hybridized carbons (Fsp3) is 0.167. The Bertz CT molecular complexity index is 452. The Kier molecular flexibility index (Phi) is 4.03. The minimum atomic E-state index is 0.124. The van der Waals surface area contributed by atoms with E-state index >= 15 is 0 Å². The highest BCUT2D eigenvalue weighted by atomic mass is 32.1. The van der Waals surface area contributed by atoms with Crippen molar-refractivity contribution < 1.29 is 0 Å². The second-order valence-electron chi connectivity index (χ2n) is 3.52. The molecular formula is C12H13N3S. The summed E-state index contributed by atoms with van der Waals surface area (Å²) in [4.78, 5) is 2.13. The van der Waals surface area contributed by atoms with Gasteiger partial charge in [-0.15, -0.1) is 0 Å². The summed E-state index contributed by atoms with van der Waals surface area (Å²) in [7, 11) is 3.95. The van der Waals surface area contributed by atoms with Gasteiger partial charge in [0.05, 0.1) is 5.57 Å². The summed E-state index contributed by atoms with van der Waals surface area (Å²) < 4.78 is 0. The van der Waals surface area contributed by atoms with E-state index in [1.807, 2.05) is 49.3 Å². The molecular weight excluding hydrogens is 218 g/mol. The first kappa shape index (κ1) is 12.2. The van der Waals surface area contributed by atoms with E-state index in [-0.39, 0.29) is 4.99 Å². The van der Waals surface area contributed by atoms with E-state index in [1.165, 1.54) is 0 Å². The van der Waals surface area contributed by atoms with E-state index in [0.717, 1.165) is 11.3 Å². The predicted molar refractivity (Wildman–Crippen MR) is 71.1 cm³/mol. The average molecular weight is 231 g/mol. The van der Waals surface area contributed by atoms with Gasteiger partial charge in [0, 0.05) is 19.8 Å². The van der Waals surface area contributed by atoms with E-state index in [4.69, 9.17) is 23.2 Å². The molecule has 0 saturated heterocycles. The molecule has 0 amide bonds. The van der Waals surface area contributed by atoms with Crippen LogP contribution in [0, 0.1) is 11.3 Å². The van der Waals surface area contributed by atoms with Gasteiger partial charge in [0.15, 0.2) is 0 Å². The Labute approximate surface area is 101 Å². The Morgan fingerprint density at radius 1 is 1.38 bits per heavy atom. The standard InChI is InChI=1S/C12H13N3S/c1-15(2)11-5-3-9(4-6-11)7-10(8-13)12(14)16/h3-7H,1-2H3,(H2,14,16). The van der Waals surface area contributed by atoms with Crippen LogP contribution in [0.25, 0.3) is 6.08 Å². The Morgan fingerprint density at radius 2 is 1.94 bits per heavy atom. The monoisotopic (exact) mass is 231 g/mol. The number of thiocarbonyl (C=S) groups is 1. The smallest absolute Gasteiger partial charge is 0.114 e. The number of benzene rings is 1. The van der Waals surface area contributed by atoms with Crippen molar-refractivity contribution in [1.82, 2.24) is 0 Å². The van der Waals surface area contributed by atoms with Crippen LogP contribution in [0.4, 0.5) is 5.69 Å². The fourth-order valence-corrected chi connectivity index (χ4v) is 1.30. The van der Waals surface area contributed by atoms with Crippen LogP contribution in [0.3, 0.4) is 0 Å². The lowest BCUT2D eigenvalue weighted by Crippen LogP contribution is -2.10. The lowest BCUT2D eigenvalue weighted by Gasteiger charge is -2.11. The zero-order valence-corrected chi connectivity index (χ0v) is 10.1. The van der Waals surface area contributed by atoms with E-state index in [2.05, 4.69) is 0 Å². The van der Waals surface area contributed by atoms with Crippen LogP contribution in [-0.4, -0.2) is 19.1 Å². The van der Waals surface area contributed by atoms with Gasteiger partial charge in [-0.1, -0.05) is 24.4 Å².